The normalized spacial score (nSPS) is 12.5. The van der Waals surface area contributed by atoms with Gasteiger partial charge in [0.1, 0.15) is 11.3 Å². The third kappa shape index (κ3) is 4.66. The number of para-hydroxylation sites is 1. The Morgan fingerprint density at radius 1 is 0.853 bits per heavy atom. The first kappa shape index (κ1) is 23.8. The molecule has 1 heterocycles. The average molecular weight is 449 g/mol. The third-order valence-electron chi connectivity index (χ3n) is 7.25. The van der Waals surface area contributed by atoms with E-state index in [2.05, 4.69) is 102 Å². The number of rotatable bonds is 8. The van der Waals surface area contributed by atoms with Gasteiger partial charge in [-0.05, 0) is 97.9 Å². The molecule has 1 unspecified atom stereocenters. The number of aryl methyl sites for hydroxylation is 3. The predicted octanol–water partition coefficient (Wildman–Crippen LogP) is 9.56. The van der Waals surface area contributed by atoms with Gasteiger partial charge in [0.2, 0.25) is 0 Å². The molecule has 0 saturated heterocycles. The summed E-state index contributed by atoms with van der Waals surface area (Å²) in [5, 5.41) is 1.18. The van der Waals surface area contributed by atoms with Gasteiger partial charge in [0.05, 0.1) is 0 Å². The predicted molar refractivity (Wildman–Crippen MR) is 147 cm³/mol. The molecule has 34 heavy (non-hydrogen) atoms. The largest absolute Gasteiger partial charge is 0.456 e. The fraction of sp³-hybridized carbons (Fsp3) is 0.273. The molecule has 0 aliphatic heterocycles. The summed E-state index contributed by atoms with van der Waals surface area (Å²) in [4.78, 5) is 0. The molecule has 0 spiro atoms. The molecule has 0 fully saturated rings. The van der Waals surface area contributed by atoms with E-state index in [1.165, 1.54) is 44.3 Å². The second-order valence-corrected chi connectivity index (χ2v) is 9.45. The quantitative estimate of drug-likeness (QED) is 0.245. The summed E-state index contributed by atoms with van der Waals surface area (Å²) in [5.74, 6) is 1.33. The van der Waals surface area contributed by atoms with E-state index in [1.54, 1.807) is 0 Å². The van der Waals surface area contributed by atoms with Crippen molar-refractivity contribution in [3.63, 3.8) is 0 Å². The zero-order valence-electron chi connectivity index (χ0n) is 21.2. The van der Waals surface area contributed by atoms with Crippen LogP contribution in [-0.2, 0) is 6.42 Å². The van der Waals surface area contributed by atoms with E-state index in [4.69, 9.17) is 4.42 Å². The number of hydrogen-bond donors (Lipinski definition) is 0. The number of benzene rings is 3. The highest BCUT2D eigenvalue weighted by atomic mass is 16.3. The molecule has 0 aliphatic rings. The number of furan rings is 1. The highest BCUT2D eigenvalue weighted by molar-refractivity contribution is 5.86. The Kier molecular flexibility index (Phi) is 7.22. The van der Waals surface area contributed by atoms with Gasteiger partial charge in [-0.15, -0.1) is 0 Å². The lowest BCUT2D eigenvalue weighted by Gasteiger charge is -2.16. The second-order valence-electron chi connectivity index (χ2n) is 9.45. The van der Waals surface area contributed by atoms with Crippen molar-refractivity contribution in [2.75, 3.05) is 0 Å². The zero-order valence-corrected chi connectivity index (χ0v) is 21.2. The lowest BCUT2D eigenvalue weighted by molar-refractivity contribution is 0.567. The summed E-state index contributed by atoms with van der Waals surface area (Å²) in [5.41, 5.74) is 11.4. The Hall–Kier alpha value is -3.32. The Morgan fingerprint density at radius 2 is 1.59 bits per heavy atom. The minimum absolute atomic E-state index is 0.372. The molecule has 0 bridgehead atoms. The van der Waals surface area contributed by atoms with E-state index >= 15 is 0 Å². The van der Waals surface area contributed by atoms with Crippen LogP contribution in [0.4, 0.5) is 0 Å². The molecule has 0 aliphatic carbocycles. The van der Waals surface area contributed by atoms with Gasteiger partial charge in [0, 0.05) is 10.9 Å². The van der Waals surface area contributed by atoms with Crippen molar-refractivity contribution in [3.8, 4) is 11.1 Å². The molecule has 1 heteroatoms. The van der Waals surface area contributed by atoms with Gasteiger partial charge in [-0.2, -0.15) is 0 Å². The van der Waals surface area contributed by atoms with Crippen LogP contribution in [0, 0.1) is 33.6 Å². The molecular formula is C33H36O. The second kappa shape index (κ2) is 10.3. The summed E-state index contributed by atoms with van der Waals surface area (Å²) in [6.45, 7) is 15.5. The summed E-state index contributed by atoms with van der Waals surface area (Å²) in [6, 6.07) is 21.5. The Morgan fingerprint density at radius 3 is 2.32 bits per heavy atom. The molecule has 1 atom stereocenters. The van der Waals surface area contributed by atoms with E-state index < -0.39 is 0 Å². The topological polar surface area (TPSA) is 13.1 Å². The maximum atomic E-state index is 6.19. The fourth-order valence-corrected chi connectivity index (χ4v) is 5.07. The van der Waals surface area contributed by atoms with Crippen LogP contribution in [0.1, 0.15) is 53.3 Å². The summed E-state index contributed by atoms with van der Waals surface area (Å²) in [6.07, 6.45) is 7.60. The smallest absolute Gasteiger partial charge is 0.135 e. The lowest BCUT2D eigenvalue weighted by atomic mass is 9.88. The van der Waals surface area contributed by atoms with Gasteiger partial charge >= 0.3 is 0 Å². The average Bonchev–Trinajstić information content (AvgIpc) is 3.18. The monoisotopic (exact) mass is 448 g/mol. The molecule has 0 saturated carbocycles. The van der Waals surface area contributed by atoms with Crippen LogP contribution in [-0.4, -0.2) is 0 Å². The van der Waals surface area contributed by atoms with Crippen LogP contribution < -0.4 is 0 Å². The third-order valence-corrected chi connectivity index (χ3v) is 7.25. The Labute approximate surface area is 204 Å². The highest BCUT2D eigenvalue weighted by Crippen LogP contribution is 2.35. The zero-order chi connectivity index (χ0) is 24.2. The van der Waals surface area contributed by atoms with E-state index in [-0.39, 0.29) is 0 Å². The Bertz CT molecular complexity index is 1350. The van der Waals surface area contributed by atoms with E-state index in [1.807, 2.05) is 12.1 Å². The van der Waals surface area contributed by atoms with Gasteiger partial charge in [0.25, 0.3) is 0 Å². The molecule has 0 N–H and O–H groups in total. The van der Waals surface area contributed by atoms with Crippen molar-refractivity contribution in [1.82, 2.24) is 0 Å². The first-order valence-electron chi connectivity index (χ1n) is 12.4. The van der Waals surface area contributed by atoms with E-state index in [0.717, 1.165) is 36.2 Å². The van der Waals surface area contributed by atoms with Crippen molar-refractivity contribution in [2.24, 2.45) is 5.92 Å². The van der Waals surface area contributed by atoms with Crippen LogP contribution in [0.25, 0.3) is 27.7 Å². The number of fused-ring (bicyclic) bond motifs is 1. The summed E-state index contributed by atoms with van der Waals surface area (Å²) >= 11 is 0. The standard InChI is InChI=1S/C33H36O/c1-7-27(25(5)33-26(6)30-18-12-13-19-31(30)34-33)15-9-10-16-28-21-20-23(3)32(24(28)4)29-17-11-8-14-22(29)2/h8-14,17-21,27H,5,7,15-16H2,1-4,6H3/b10-9-. The summed E-state index contributed by atoms with van der Waals surface area (Å²) < 4.78 is 6.19. The van der Waals surface area contributed by atoms with Crippen LogP contribution in [0.15, 0.2) is 83.8 Å². The van der Waals surface area contributed by atoms with Crippen LogP contribution in [0.3, 0.4) is 0 Å². The van der Waals surface area contributed by atoms with Gasteiger partial charge in [0.15, 0.2) is 0 Å². The Balaban J connectivity index is 1.49. The molecular weight excluding hydrogens is 412 g/mol. The van der Waals surface area contributed by atoms with Crippen LogP contribution in [0.5, 0.6) is 0 Å². The number of allylic oxidation sites excluding steroid dienone is 3. The number of hydrogen-bond acceptors (Lipinski definition) is 1. The molecule has 0 radical (unpaired) electrons. The maximum absolute atomic E-state index is 6.19. The maximum Gasteiger partial charge on any atom is 0.135 e. The molecule has 3 aromatic carbocycles. The van der Waals surface area contributed by atoms with Gasteiger partial charge in [-0.25, -0.2) is 0 Å². The van der Waals surface area contributed by atoms with E-state index in [0.29, 0.717) is 5.92 Å². The van der Waals surface area contributed by atoms with Crippen LogP contribution >= 0.6 is 0 Å². The fourth-order valence-electron chi connectivity index (χ4n) is 5.07. The lowest BCUT2D eigenvalue weighted by Crippen LogP contribution is -2.01. The van der Waals surface area contributed by atoms with E-state index in [9.17, 15) is 0 Å². The van der Waals surface area contributed by atoms with Gasteiger partial charge in [-0.1, -0.05) is 80.3 Å². The first-order valence-corrected chi connectivity index (χ1v) is 12.4. The molecule has 0 amide bonds. The van der Waals surface area contributed by atoms with Crippen molar-refractivity contribution in [3.05, 3.63) is 113 Å². The highest BCUT2D eigenvalue weighted by Gasteiger charge is 2.18. The van der Waals surface area contributed by atoms with Gasteiger partial charge in [-0.3, -0.25) is 0 Å². The molecule has 1 aromatic heterocycles. The van der Waals surface area contributed by atoms with Crippen molar-refractivity contribution in [1.29, 1.82) is 0 Å². The summed E-state index contributed by atoms with van der Waals surface area (Å²) in [7, 11) is 0. The SMILES string of the molecule is C=C(c1oc2ccccc2c1C)C(CC)C/C=C\Cc1ccc(C)c(-c2ccccc2C)c1C. The minimum atomic E-state index is 0.372. The van der Waals surface area contributed by atoms with Crippen molar-refractivity contribution in [2.45, 2.75) is 53.9 Å². The first-order chi connectivity index (χ1) is 16.4. The van der Waals surface area contributed by atoms with Gasteiger partial charge < -0.3 is 4.42 Å². The molecule has 174 valence electrons. The molecule has 4 aromatic rings. The molecule has 4 rings (SSSR count). The van der Waals surface area contributed by atoms with Crippen LogP contribution in [0.2, 0.25) is 0 Å². The van der Waals surface area contributed by atoms with Crippen molar-refractivity contribution >= 4 is 16.5 Å². The molecule has 1 nitrogen and oxygen atoms in total. The van der Waals surface area contributed by atoms with Crippen molar-refractivity contribution < 1.29 is 4.42 Å². The minimum Gasteiger partial charge on any atom is -0.456 e.